The van der Waals surface area contributed by atoms with Crippen molar-refractivity contribution in [1.29, 1.82) is 0 Å². The van der Waals surface area contributed by atoms with Crippen LogP contribution in [0.4, 0.5) is 5.69 Å². The number of fused-ring (bicyclic) bond motifs is 1. The number of rotatable bonds is 1. The summed E-state index contributed by atoms with van der Waals surface area (Å²) in [5.41, 5.74) is 4.67. The monoisotopic (exact) mass is 189 g/mol. The SMILES string of the molecule is Cc1cc(C(C)C)cc2c1NC(=O)C2. The highest BCUT2D eigenvalue weighted by Crippen LogP contribution is 2.30. The molecule has 2 heteroatoms. The van der Waals surface area contributed by atoms with Crippen LogP contribution in [-0.2, 0) is 11.2 Å². The zero-order valence-electron chi connectivity index (χ0n) is 8.85. The van der Waals surface area contributed by atoms with Crippen molar-refractivity contribution in [3.63, 3.8) is 0 Å². The third kappa shape index (κ3) is 1.41. The van der Waals surface area contributed by atoms with Crippen molar-refractivity contribution in [2.45, 2.75) is 33.1 Å². The van der Waals surface area contributed by atoms with E-state index in [1.807, 2.05) is 0 Å². The fraction of sp³-hybridized carbons (Fsp3) is 0.417. The Labute approximate surface area is 84.3 Å². The second-order valence-corrected chi connectivity index (χ2v) is 4.25. The third-order valence-corrected chi connectivity index (χ3v) is 2.72. The lowest BCUT2D eigenvalue weighted by atomic mass is 9.97. The summed E-state index contributed by atoms with van der Waals surface area (Å²) in [5.74, 6) is 0.638. The summed E-state index contributed by atoms with van der Waals surface area (Å²) in [6, 6.07) is 4.31. The number of carbonyl (C=O) groups excluding carboxylic acids is 1. The van der Waals surface area contributed by atoms with Crippen LogP contribution in [0.25, 0.3) is 0 Å². The summed E-state index contributed by atoms with van der Waals surface area (Å²) < 4.78 is 0. The van der Waals surface area contributed by atoms with Crippen LogP contribution in [0.3, 0.4) is 0 Å². The third-order valence-electron chi connectivity index (χ3n) is 2.72. The molecule has 0 saturated carbocycles. The number of aryl methyl sites for hydroxylation is 1. The van der Waals surface area contributed by atoms with E-state index in [2.05, 4.69) is 38.2 Å². The molecule has 0 bridgehead atoms. The van der Waals surface area contributed by atoms with Crippen LogP contribution in [0.2, 0.25) is 0 Å². The fourth-order valence-corrected chi connectivity index (χ4v) is 1.90. The smallest absolute Gasteiger partial charge is 0.228 e. The summed E-state index contributed by atoms with van der Waals surface area (Å²) in [6.45, 7) is 6.40. The molecule has 1 aromatic rings. The molecule has 0 atom stereocenters. The van der Waals surface area contributed by atoms with Gasteiger partial charge in [0.15, 0.2) is 0 Å². The first-order valence-corrected chi connectivity index (χ1v) is 5.01. The predicted molar refractivity (Wildman–Crippen MR) is 57.6 cm³/mol. The average molecular weight is 189 g/mol. The maximum Gasteiger partial charge on any atom is 0.228 e. The van der Waals surface area contributed by atoms with Crippen LogP contribution in [0.5, 0.6) is 0 Å². The Morgan fingerprint density at radius 1 is 1.36 bits per heavy atom. The van der Waals surface area contributed by atoms with E-state index in [4.69, 9.17) is 0 Å². The summed E-state index contributed by atoms with van der Waals surface area (Å²) in [4.78, 5) is 11.2. The van der Waals surface area contributed by atoms with Gasteiger partial charge in [-0.2, -0.15) is 0 Å². The molecule has 14 heavy (non-hydrogen) atoms. The summed E-state index contributed by atoms with van der Waals surface area (Å²) >= 11 is 0. The van der Waals surface area contributed by atoms with Gasteiger partial charge in [0.2, 0.25) is 5.91 Å². The fourth-order valence-electron chi connectivity index (χ4n) is 1.90. The molecule has 74 valence electrons. The molecule has 0 unspecified atom stereocenters. The lowest BCUT2D eigenvalue weighted by molar-refractivity contribution is -0.115. The lowest BCUT2D eigenvalue weighted by Crippen LogP contribution is -2.04. The molecule has 2 rings (SSSR count). The molecule has 0 saturated heterocycles. The zero-order valence-corrected chi connectivity index (χ0v) is 8.85. The second-order valence-electron chi connectivity index (χ2n) is 4.25. The van der Waals surface area contributed by atoms with Crippen LogP contribution in [0.15, 0.2) is 12.1 Å². The molecule has 1 amide bonds. The molecule has 0 radical (unpaired) electrons. The van der Waals surface area contributed by atoms with Crippen molar-refractivity contribution >= 4 is 11.6 Å². The van der Waals surface area contributed by atoms with Crippen LogP contribution in [-0.4, -0.2) is 5.91 Å². The van der Waals surface area contributed by atoms with Gasteiger partial charge in [0, 0.05) is 5.69 Å². The minimum Gasteiger partial charge on any atom is -0.325 e. The molecule has 0 spiro atoms. The summed E-state index contributed by atoms with van der Waals surface area (Å²) in [6.07, 6.45) is 0.538. The van der Waals surface area contributed by atoms with Gasteiger partial charge in [0.1, 0.15) is 0 Å². The first kappa shape index (κ1) is 9.25. The first-order chi connectivity index (χ1) is 6.58. The number of hydrogen-bond acceptors (Lipinski definition) is 1. The number of amides is 1. The summed E-state index contributed by atoms with van der Waals surface area (Å²) in [5, 5.41) is 2.89. The quantitative estimate of drug-likeness (QED) is 0.723. The highest BCUT2D eigenvalue weighted by Gasteiger charge is 2.20. The summed E-state index contributed by atoms with van der Waals surface area (Å²) in [7, 11) is 0. The van der Waals surface area contributed by atoms with Crippen LogP contribution in [0.1, 0.15) is 36.5 Å². The normalized spacial score (nSPS) is 14.4. The van der Waals surface area contributed by atoms with E-state index in [0.29, 0.717) is 12.3 Å². The number of carbonyl (C=O) groups is 1. The van der Waals surface area contributed by atoms with Gasteiger partial charge in [-0.25, -0.2) is 0 Å². The number of hydrogen-bond donors (Lipinski definition) is 1. The van der Waals surface area contributed by atoms with E-state index in [-0.39, 0.29) is 5.91 Å². The Bertz CT molecular complexity index is 394. The van der Waals surface area contributed by atoms with Crippen molar-refractivity contribution in [3.8, 4) is 0 Å². The van der Waals surface area contributed by atoms with E-state index in [0.717, 1.165) is 11.3 Å². The van der Waals surface area contributed by atoms with Crippen molar-refractivity contribution in [2.75, 3.05) is 5.32 Å². The number of anilines is 1. The van der Waals surface area contributed by atoms with Crippen molar-refractivity contribution in [3.05, 3.63) is 28.8 Å². The highest BCUT2D eigenvalue weighted by molar-refractivity contribution is 6.00. The molecular weight excluding hydrogens is 174 g/mol. The van der Waals surface area contributed by atoms with E-state index < -0.39 is 0 Å². The lowest BCUT2D eigenvalue weighted by Gasteiger charge is -2.10. The molecule has 0 fully saturated rings. The van der Waals surface area contributed by atoms with Crippen LogP contribution < -0.4 is 5.32 Å². The van der Waals surface area contributed by atoms with E-state index >= 15 is 0 Å². The van der Waals surface area contributed by atoms with E-state index in [1.54, 1.807) is 0 Å². The standard InChI is InChI=1S/C12H15NO/c1-7(2)9-4-8(3)12-10(5-9)6-11(14)13-12/h4-5,7H,6H2,1-3H3,(H,13,14). The zero-order chi connectivity index (χ0) is 10.3. The Kier molecular flexibility index (Phi) is 2.06. The minimum absolute atomic E-state index is 0.115. The maximum atomic E-state index is 11.2. The van der Waals surface area contributed by atoms with Gasteiger partial charge in [-0.1, -0.05) is 26.0 Å². The van der Waals surface area contributed by atoms with Gasteiger partial charge in [-0.3, -0.25) is 4.79 Å². The largest absolute Gasteiger partial charge is 0.325 e. The predicted octanol–water partition coefficient (Wildman–Crippen LogP) is 2.61. The average Bonchev–Trinajstić information content (AvgIpc) is 2.45. The molecular formula is C12H15NO. The number of nitrogens with one attached hydrogen (secondary N) is 1. The topological polar surface area (TPSA) is 29.1 Å². The molecule has 1 aromatic carbocycles. The van der Waals surface area contributed by atoms with Gasteiger partial charge in [0.25, 0.3) is 0 Å². The molecule has 0 aromatic heterocycles. The Balaban J connectivity index is 2.51. The van der Waals surface area contributed by atoms with E-state index in [1.165, 1.54) is 11.1 Å². The van der Waals surface area contributed by atoms with Gasteiger partial charge in [-0.05, 0) is 29.5 Å². The molecule has 1 aliphatic heterocycles. The van der Waals surface area contributed by atoms with Gasteiger partial charge in [-0.15, -0.1) is 0 Å². The molecule has 1 N–H and O–H groups in total. The van der Waals surface area contributed by atoms with Gasteiger partial charge < -0.3 is 5.32 Å². The van der Waals surface area contributed by atoms with E-state index in [9.17, 15) is 4.79 Å². The molecule has 0 aliphatic carbocycles. The molecule has 2 nitrogen and oxygen atoms in total. The second kappa shape index (κ2) is 3.12. The Morgan fingerprint density at radius 2 is 2.07 bits per heavy atom. The van der Waals surface area contributed by atoms with Crippen molar-refractivity contribution in [1.82, 2.24) is 0 Å². The van der Waals surface area contributed by atoms with Gasteiger partial charge in [0.05, 0.1) is 6.42 Å². The number of benzene rings is 1. The molecule has 1 heterocycles. The van der Waals surface area contributed by atoms with Crippen LogP contribution >= 0.6 is 0 Å². The Morgan fingerprint density at radius 3 is 2.71 bits per heavy atom. The highest BCUT2D eigenvalue weighted by atomic mass is 16.1. The minimum atomic E-state index is 0.115. The Hall–Kier alpha value is -1.31. The van der Waals surface area contributed by atoms with Crippen LogP contribution in [0, 0.1) is 6.92 Å². The maximum absolute atomic E-state index is 11.2. The van der Waals surface area contributed by atoms with Gasteiger partial charge >= 0.3 is 0 Å². The van der Waals surface area contributed by atoms with Crippen molar-refractivity contribution in [2.24, 2.45) is 0 Å². The molecule has 1 aliphatic rings. The first-order valence-electron chi connectivity index (χ1n) is 5.01. The van der Waals surface area contributed by atoms with Crippen molar-refractivity contribution < 1.29 is 4.79 Å².